The van der Waals surface area contributed by atoms with E-state index in [2.05, 4.69) is 34.0 Å². The van der Waals surface area contributed by atoms with Crippen LogP contribution >= 0.6 is 35.3 Å². The van der Waals surface area contributed by atoms with Gasteiger partial charge in [0.25, 0.3) is 0 Å². The third-order valence-electron chi connectivity index (χ3n) is 3.56. The Kier molecular flexibility index (Phi) is 9.20. The monoisotopic (exact) mass is 465 g/mol. The Morgan fingerprint density at radius 2 is 1.88 bits per heavy atom. The van der Waals surface area contributed by atoms with E-state index in [9.17, 15) is 8.78 Å². The van der Waals surface area contributed by atoms with Crippen LogP contribution in [0.15, 0.2) is 40.7 Å². The highest BCUT2D eigenvalue weighted by atomic mass is 127. The van der Waals surface area contributed by atoms with Crippen molar-refractivity contribution in [2.75, 3.05) is 20.1 Å². The lowest BCUT2D eigenvalue weighted by Gasteiger charge is -2.15. The van der Waals surface area contributed by atoms with Gasteiger partial charge in [0.15, 0.2) is 5.96 Å². The molecule has 0 saturated carbocycles. The normalized spacial score (nSPS) is 12.4. The molecule has 3 nitrogen and oxygen atoms in total. The molecule has 2 rings (SSSR count). The number of rotatable bonds is 6. The van der Waals surface area contributed by atoms with E-state index in [4.69, 9.17) is 0 Å². The molecule has 1 aromatic heterocycles. The maximum absolute atomic E-state index is 13.6. The zero-order valence-electron chi connectivity index (χ0n) is 13.7. The molecule has 1 aromatic carbocycles. The maximum atomic E-state index is 13.6. The molecule has 0 aliphatic carbocycles. The quantitative estimate of drug-likeness (QED) is 0.382. The molecule has 2 N–H and O–H groups in total. The summed E-state index contributed by atoms with van der Waals surface area (Å²) in [7, 11) is 1.68. The molecule has 132 valence electrons. The Hall–Kier alpha value is -1.22. The second-order valence-corrected chi connectivity index (χ2v) is 6.23. The summed E-state index contributed by atoms with van der Waals surface area (Å²) in [5, 5.41) is 8.37. The minimum absolute atomic E-state index is 0. The van der Waals surface area contributed by atoms with Crippen molar-refractivity contribution in [1.82, 2.24) is 10.6 Å². The molecule has 0 fully saturated rings. The van der Waals surface area contributed by atoms with Gasteiger partial charge in [0.1, 0.15) is 11.6 Å². The first-order valence-electron chi connectivity index (χ1n) is 7.52. The summed E-state index contributed by atoms with van der Waals surface area (Å²) in [5.74, 6) is -0.0233. The van der Waals surface area contributed by atoms with Crippen LogP contribution in [0.3, 0.4) is 0 Å². The van der Waals surface area contributed by atoms with Gasteiger partial charge in [-0.2, -0.15) is 0 Å². The van der Waals surface area contributed by atoms with E-state index in [-0.39, 0.29) is 36.0 Å². The summed E-state index contributed by atoms with van der Waals surface area (Å²) in [5.41, 5.74) is 0.0995. The van der Waals surface area contributed by atoms with Crippen LogP contribution in [0.5, 0.6) is 0 Å². The van der Waals surface area contributed by atoms with E-state index >= 15 is 0 Å². The van der Waals surface area contributed by atoms with Crippen molar-refractivity contribution >= 4 is 41.3 Å². The van der Waals surface area contributed by atoms with Crippen LogP contribution in [-0.2, 0) is 6.42 Å². The van der Waals surface area contributed by atoms with Crippen molar-refractivity contribution in [3.05, 3.63) is 57.8 Å². The molecule has 0 aliphatic heterocycles. The van der Waals surface area contributed by atoms with Gasteiger partial charge in [-0.1, -0.05) is 19.1 Å². The molecule has 1 heterocycles. The van der Waals surface area contributed by atoms with Gasteiger partial charge in [-0.3, -0.25) is 4.99 Å². The molecule has 0 saturated heterocycles. The fourth-order valence-electron chi connectivity index (χ4n) is 2.22. The molecule has 1 atom stereocenters. The van der Waals surface area contributed by atoms with Gasteiger partial charge in [-0.05, 0) is 30.0 Å². The Balaban J connectivity index is 0.00000288. The number of benzene rings is 1. The number of guanidine groups is 1. The lowest BCUT2D eigenvalue weighted by molar-refractivity contribution is 0.552. The molecule has 7 heteroatoms. The second-order valence-electron chi connectivity index (χ2n) is 5.25. The zero-order chi connectivity index (χ0) is 16.7. The average Bonchev–Trinajstić information content (AvgIpc) is 3.07. The smallest absolute Gasteiger partial charge is 0.191 e. The van der Waals surface area contributed by atoms with Crippen LogP contribution in [-0.4, -0.2) is 26.1 Å². The van der Waals surface area contributed by atoms with Crippen molar-refractivity contribution in [3.8, 4) is 0 Å². The molecule has 0 spiro atoms. The van der Waals surface area contributed by atoms with Crippen molar-refractivity contribution < 1.29 is 8.78 Å². The number of aliphatic imine (C=N–C) groups is 1. The van der Waals surface area contributed by atoms with E-state index in [1.54, 1.807) is 18.4 Å². The Labute approximate surface area is 162 Å². The summed E-state index contributed by atoms with van der Waals surface area (Å²) in [4.78, 5) is 5.43. The summed E-state index contributed by atoms with van der Waals surface area (Å²) in [6.45, 7) is 3.29. The number of hydrogen-bond acceptors (Lipinski definition) is 2. The Bertz CT molecular complexity index is 627. The molecule has 2 aromatic rings. The van der Waals surface area contributed by atoms with Crippen LogP contribution in [0.1, 0.15) is 23.3 Å². The van der Waals surface area contributed by atoms with Crippen molar-refractivity contribution in [2.45, 2.75) is 19.3 Å². The fourth-order valence-corrected chi connectivity index (χ4v) is 3.01. The van der Waals surface area contributed by atoms with Crippen molar-refractivity contribution in [2.24, 2.45) is 4.99 Å². The average molecular weight is 465 g/mol. The predicted molar refractivity (Wildman–Crippen MR) is 108 cm³/mol. The number of thiophene rings is 1. The fraction of sp³-hybridized carbons (Fsp3) is 0.353. The third kappa shape index (κ3) is 6.01. The lowest BCUT2D eigenvalue weighted by Crippen LogP contribution is -2.40. The SMILES string of the molecule is CN=C(NCCc1c(F)cccc1F)NCC(C)c1cccs1.I. The minimum Gasteiger partial charge on any atom is -0.356 e. The predicted octanol–water partition coefficient (Wildman–Crippen LogP) is 4.16. The third-order valence-corrected chi connectivity index (χ3v) is 4.66. The second kappa shape index (κ2) is 10.6. The topological polar surface area (TPSA) is 36.4 Å². The van der Waals surface area contributed by atoms with Gasteiger partial charge >= 0.3 is 0 Å². The van der Waals surface area contributed by atoms with Gasteiger partial charge in [0, 0.05) is 36.5 Å². The number of halogens is 3. The highest BCUT2D eigenvalue weighted by Crippen LogP contribution is 2.19. The molecule has 1 unspecified atom stereocenters. The maximum Gasteiger partial charge on any atom is 0.191 e. The molecule has 0 amide bonds. The lowest BCUT2D eigenvalue weighted by atomic mass is 10.1. The highest BCUT2D eigenvalue weighted by molar-refractivity contribution is 14.0. The van der Waals surface area contributed by atoms with Gasteiger partial charge in [-0.25, -0.2) is 8.78 Å². The van der Waals surface area contributed by atoms with E-state index in [1.165, 1.54) is 23.1 Å². The first kappa shape index (κ1) is 20.8. The van der Waals surface area contributed by atoms with Gasteiger partial charge in [-0.15, -0.1) is 35.3 Å². The van der Waals surface area contributed by atoms with Gasteiger partial charge < -0.3 is 10.6 Å². The summed E-state index contributed by atoms with van der Waals surface area (Å²) in [6.07, 6.45) is 0.264. The Morgan fingerprint density at radius 3 is 2.46 bits per heavy atom. The summed E-state index contributed by atoms with van der Waals surface area (Å²) in [6, 6.07) is 8.05. The van der Waals surface area contributed by atoms with Crippen LogP contribution in [0.4, 0.5) is 8.78 Å². The van der Waals surface area contributed by atoms with Crippen molar-refractivity contribution in [1.29, 1.82) is 0 Å². The first-order valence-corrected chi connectivity index (χ1v) is 8.40. The highest BCUT2D eigenvalue weighted by Gasteiger charge is 2.09. The van der Waals surface area contributed by atoms with Crippen LogP contribution in [0.25, 0.3) is 0 Å². The van der Waals surface area contributed by atoms with Gasteiger partial charge in [0.2, 0.25) is 0 Å². The molecular weight excluding hydrogens is 443 g/mol. The summed E-state index contributed by atoms with van der Waals surface area (Å²) >= 11 is 1.73. The van der Waals surface area contributed by atoms with E-state index < -0.39 is 11.6 Å². The van der Waals surface area contributed by atoms with Crippen LogP contribution in [0.2, 0.25) is 0 Å². The largest absolute Gasteiger partial charge is 0.356 e. The molecule has 0 radical (unpaired) electrons. The zero-order valence-corrected chi connectivity index (χ0v) is 16.8. The molecule has 0 bridgehead atoms. The number of nitrogens with one attached hydrogen (secondary N) is 2. The molecular formula is C17H22F2IN3S. The molecule has 0 aliphatic rings. The number of nitrogens with zero attached hydrogens (tertiary/aromatic N) is 1. The first-order chi connectivity index (χ1) is 11.1. The van der Waals surface area contributed by atoms with Gasteiger partial charge in [0.05, 0.1) is 0 Å². The van der Waals surface area contributed by atoms with Crippen LogP contribution in [0, 0.1) is 11.6 Å². The molecule has 24 heavy (non-hydrogen) atoms. The Morgan fingerprint density at radius 1 is 1.17 bits per heavy atom. The van der Waals surface area contributed by atoms with Crippen LogP contribution < -0.4 is 10.6 Å². The van der Waals surface area contributed by atoms with E-state index in [0.717, 1.165) is 6.54 Å². The van der Waals surface area contributed by atoms with Crippen molar-refractivity contribution in [3.63, 3.8) is 0 Å². The number of hydrogen-bond donors (Lipinski definition) is 2. The van der Waals surface area contributed by atoms with E-state index in [1.807, 2.05) is 6.07 Å². The minimum atomic E-state index is -0.513. The van der Waals surface area contributed by atoms with E-state index in [0.29, 0.717) is 18.4 Å². The summed E-state index contributed by atoms with van der Waals surface area (Å²) < 4.78 is 27.1. The standard InChI is InChI=1S/C17H21F2N3S.HI/c1-12(16-7-4-10-23-16)11-22-17(20-2)21-9-8-13-14(18)5-3-6-15(13)19;/h3-7,10,12H,8-9,11H2,1-2H3,(H2,20,21,22);1H.